The fourth-order valence-electron chi connectivity index (χ4n) is 4.29. The minimum atomic E-state index is -0.663. The van der Waals surface area contributed by atoms with Crippen molar-refractivity contribution in [2.24, 2.45) is 0 Å². The summed E-state index contributed by atoms with van der Waals surface area (Å²) >= 11 is 0. The number of methoxy groups -OCH3 is 1. The van der Waals surface area contributed by atoms with E-state index in [4.69, 9.17) is 24.7 Å². The maximum absolute atomic E-state index is 12.8. The fraction of sp³-hybridized carbons (Fsp3) is 0.724. The lowest BCUT2D eigenvalue weighted by Crippen LogP contribution is -2.49. The van der Waals surface area contributed by atoms with Gasteiger partial charge in [-0.15, -0.1) is 0 Å². The number of Topliss-reactive ketones (excluding diaryl/α,β-unsaturated/α-hetero) is 1. The van der Waals surface area contributed by atoms with Crippen LogP contribution in [0.5, 0.6) is 11.5 Å². The zero-order valence-corrected chi connectivity index (χ0v) is 24.0. The van der Waals surface area contributed by atoms with Crippen LogP contribution in [0.15, 0.2) is 12.1 Å². The summed E-state index contributed by atoms with van der Waals surface area (Å²) in [7, 11) is 3.42. The normalized spacial score (nSPS) is 20.2. The van der Waals surface area contributed by atoms with Crippen LogP contribution in [0, 0.1) is 0 Å². The van der Waals surface area contributed by atoms with Crippen molar-refractivity contribution in [2.75, 3.05) is 66.0 Å². The largest absolute Gasteiger partial charge is 0.493 e. The number of benzene rings is 1. The fourth-order valence-corrected chi connectivity index (χ4v) is 4.29. The van der Waals surface area contributed by atoms with Gasteiger partial charge in [0.2, 0.25) is 5.91 Å². The summed E-state index contributed by atoms with van der Waals surface area (Å²) in [5, 5.41) is 8.95. The van der Waals surface area contributed by atoms with Gasteiger partial charge in [-0.25, -0.2) is 0 Å². The molecule has 39 heavy (non-hydrogen) atoms. The topological polar surface area (TPSA) is 133 Å². The Labute approximate surface area is 234 Å². The summed E-state index contributed by atoms with van der Waals surface area (Å²) in [4.78, 5) is 25.2. The van der Waals surface area contributed by atoms with E-state index in [0.29, 0.717) is 43.3 Å². The van der Waals surface area contributed by atoms with Crippen LogP contribution >= 0.6 is 0 Å². The second kappa shape index (κ2) is 20.5. The van der Waals surface area contributed by atoms with Crippen LogP contribution in [-0.2, 0) is 25.7 Å². The van der Waals surface area contributed by atoms with E-state index >= 15 is 0 Å². The molecule has 1 aromatic carbocycles. The molecule has 0 saturated heterocycles. The molecule has 0 aliphatic carbocycles. The summed E-state index contributed by atoms with van der Waals surface area (Å²) in [6.45, 7) is 3.67. The zero-order valence-electron chi connectivity index (χ0n) is 24.0. The number of nitrogens with one attached hydrogen (secondary N) is 3. The van der Waals surface area contributed by atoms with Gasteiger partial charge in [-0.3, -0.25) is 14.9 Å². The van der Waals surface area contributed by atoms with E-state index in [1.165, 1.54) is 19.3 Å². The maximum atomic E-state index is 12.8. The third-order valence-electron chi connectivity index (χ3n) is 6.69. The molecule has 1 unspecified atom stereocenters. The first kappa shape index (κ1) is 32.8. The van der Waals surface area contributed by atoms with Crippen LogP contribution in [0.4, 0.5) is 5.69 Å². The first-order valence-corrected chi connectivity index (χ1v) is 14.5. The van der Waals surface area contributed by atoms with Crippen LogP contribution in [-0.4, -0.2) is 78.0 Å². The van der Waals surface area contributed by atoms with Crippen molar-refractivity contribution in [3.63, 3.8) is 0 Å². The number of nitrogen functional groups attached to an aromatic ring is 1. The smallest absolute Gasteiger partial charge is 0.239 e. The van der Waals surface area contributed by atoms with Crippen LogP contribution in [0.3, 0.4) is 0 Å². The second-order valence-corrected chi connectivity index (χ2v) is 9.98. The number of anilines is 1. The maximum Gasteiger partial charge on any atom is 0.239 e. The van der Waals surface area contributed by atoms with Gasteiger partial charge < -0.3 is 35.3 Å². The molecule has 0 aromatic heterocycles. The van der Waals surface area contributed by atoms with Gasteiger partial charge in [0.1, 0.15) is 11.8 Å². The molecule has 1 amide bonds. The van der Waals surface area contributed by atoms with Crippen molar-refractivity contribution in [1.29, 1.82) is 0 Å². The Bertz CT molecular complexity index is 838. The van der Waals surface area contributed by atoms with Crippen molar-refractivity contribution >= 4 is 17.4 Å². The molecule has 2 bridgehead atoms. The van der Waals surface area contributed by atoms with Crippen molar-refractivity contribution < 1.29 is 28.5 Å². The molecular formula is C29H50N4O6. The molecule has 2 heterocycles. The molecule has 3 rings (SSSR count). The molecule has 5 N–H and O–H groups in total. The first-order chi connectivity index (χ1) is 19.0. The predicted molar refractivity (Wildman–Crippen MR) is 153 cm³/mol. The van der Waals surface area contributed by atoms with Gasteiger partial charge in [-0.05, 0) is 38.8 Å². The van der Waals surface area contributed by atoms with E-state index in [0.717, 1.165) is 57.3 Å². The number of ether oxygens (including phenoxy) is 4. The Morgan fingerprint density at radius 1 is 1.00 bits per heavy atom. The molecule has 10 nitrogen and oxygen atoms in total. The zero-order chi connectivity index (χ0) is 28.1. The molecular weight excluding hydrogens is 500 g/mol. The average molecular weight is 551 g/mol. The van der Waals surface area contributed by atoms with E-state index in [-0.39, 0.29) is 31.4 Å². The number of hydrogen-bond donors (Lipinski definition) is 4. The highest BCUT2D eigenvalue weighted by Gasteiger charge is 2.20. The Hall–Kier alpha value is -2.40. The lowest BCUT2D eigenvalue weighted by Gasteiger charge is -2.19. The number of rotatable bonds is 5. The van der Waals surface area contributed by atoms with Gasteiger partial charge in [0, 0.05) is 50.0 Å². The van der Waals surface area contributed by atoms with Crippen LogP contribution < -0.4 is 31.2 Å². The molecule has 2 aliphatic heterocycles. The number of ketones is 1. The van der Waals surface area contributed by atoms with Gasteiger partial charge in [0.25, 0.3) is 0 Å². The number of fused-ring (bicyclic) bond motifs is 23. The summed E-state index contributed by atoms with van der Waals surface area (Å²) in [6.07, 6.45) is 9.92. The van der Waals surface area contributed by atoms with Crippen molar-refractivity contribution in [3.05, 3.63) is 17.7 Å². The Morgan fingerprint density at radius 3 is 2.41 bits per heavy atom. The second-order valence-electron chi connectivity index (χ2n) is 9.98. The number of nitrogens with two attached hydrogens (primary N) is 1. The minimum Gasteiger partial charge on any atom is -0.493 e. The van der Waals surface area contributed by atoms with E-state index in [2.05, 4.69) is 16.0 Å². The van der Waals surface area contributed by atoms with E-state index < -0.39 is 6.04 Å². The third-order valence-corrected chi connectivity index (χ3v) is 6.69. The Balaban J connectivity index is 2.01. The first-order valence-electron chi connectivity index (χ1n) is 14.5. The van der Waals surface area contributed by atoms with Crippen molar-refractivity contribution in [1.82, 2.24) is 16.0 Å². The minimum absolute atomic E-state index is 0.0787. The highest BCUT2D eigenvalue weighted by molar-refractivity contribution is 5.84. The molecule has 2 aliphatic rings. The Kier molecular flexibility index (Phi) is 17.2. The number of hydrogen-bond acceptors (Lipinski definition) is 9. The molecule has 1 atom stereocenters. The molecule has 0 fully saturated rings. The van der Waals surface area contributed by atoms with E-state index in [9.17, 15) is 9.59 Å². The average Bonchev–Trinajstić information content (AvgIpc) is 2.93. The van der Waals surface area contributed by atoms with E-state index in [1.54, 1.807) is 13.2 Å². The van der Waals surface area contributed by atoms with Crippen LogP contribution in [0.2, 0.25) is 0 Å². The number of likely N-dealkylation sites (N-methyl/N-ethyl adjacent to an activating group) is 1. The molecule has 10 heteroatoms. The highest BCUT2D eigenvalue weighted by Crippen LogP contribution is 2.33. The van der Waals surface area contributed by atoms with Gasteiger partial charge in [0.05, 0.1) is 33.5 Å². The number of amides is 1. The number of carbonyl (C=O) groups excluding carboxylic acids is 2. The van der Waals surface area contributed by atoms with E-state index in [1.807, 2.05) is 13.1 Å². The summed E-state index contributed by atoms with van der Waals surface area (Å²) in [5.74, 6) is 1.07. The molecule has 222 valence electrons. The van der Waals surface area contributed by atoms with Crippen molar-refractivity contribution in [3.8, 4) is 11.5 Å². The lowest BCUT2D eigenvalue weighted by atomic mass is 10.1. The van der Waals surface area contributed by atoms with Gasteiger partial charge in [-0.2, -0.15) is 0 Å². The Morgan fingerprint density at radius 2 is 1.69 bits per heavy atom. The SMILES string of the molecule is CNCCNC(=O)C1COCc2cc(OC)c(cc2N)OCCCCCCCCOCCCCCC(=O)CN1. The van der Waals surface area contributed by atoms with Crippen molar-refractivity contribution in [2.45, 2.75) is 76.9 Å². The van der Waals surface area contributed by atoms with Gasteiger partial charge >= 0.3 is 0 Å². The highest BCUT2D eigenvalue weighted by atomic mass is 16.5. The van der Waals surface area contributed by atoms with Crippen LogP contribution in [0.25, 0.3) is 0 Å². The van der Waals surface area contributed by atoms with Gasteiger partial charge in [0.15, 0.2) is 11.5 Å². The quantitative estimate of drug-likeness (QED) is 0.323. The molecule has 0 spiro atoms. The van der Waals surface area contributed by atoms with Gasteiger partial charge in [-0.1, -0.05) is 32.1 Å². The molecule has 0 saturated carbocycles. The third kappa shape index (κ3) is 14.0. The summed E-state index contributed by atoms with van der Waals surface area (Å²) in [5.41, 5.74) is 7.57. The molecule has 0 radical (unpaired) electrons. The summed E-state index contributed by atoms with van der Waals surface area (Å²) < 4.78 is 23.1. The monoisotopic (exact) mass is 550 g/mol. The lowest BCUT2D eigenvalue weighted by molar-refractivity contribution is -0.125. The molecule has 1 aromatic rings. The summed E-state index contributed by atoms with van der Waals surface area (Å²) in [6, 6.07) is 2.92. The predicted octanol–water partition coefficient (Wildman–Crippen LogP) is 2.97. The standard InChI is InChI=1S/C29H50N4O6/c1-31-13-14-32-29(35)26-22-38-21-23-18-27(36-2)28(19-25(23)30)39-17-11-6-4-3-5-9-15-37-16-10-7-8-12-24(34)20-33-26/h18-19,26,31,33H,3-17,20-22,30H2,1-2H3,(H,32,35). The number of carbonyl (C=O) groups is 2. The van der Waals surface area contributed by atoms with Crippen LogP contribution in [0.1, 0.15) is 69.8 Å².